The van der Waals surface area contributed by atoms with Gasteiger partial charge in [0.15, 0.2) is 0 Å². The molecule has 0 atom stereocenters. The van der Waals surface area contributed by atoms with E-state index in [0.29, 0.717) is 0 Å². The number of hydrogen-bond donors (Lipinski definition) is 0. The first-order valence-electron chi connectivity index (χ1n) is 5.41. The third-order valence-corrected chi connectivity index (χ3v) is 3.69. The highest BCUT2D eigenvalue weighted by molar-refractivity contribution is 5.07. The molecule has 0 aromatic carbocycles. The molecule has 0 bridgehead atoms. The van der Waals surface area contributed by atoms with Gasteiger partial charge in [-0.05, 0) is 37.5 Å². The zero-order chi connectivity index (χ0) is 11.6. The largest absolute Gasteiger partial charge is 0.0996 e. The Morgan fingerprint density at radius 3 is 1.14 bits per heavy atom. The second kappa shape index (κ2) is 4.33. The lowest BCUT2D eigenvalue weighted by molar-refractivity contribution is 0.306. The van der Waals surface area contributed by atoms with Crippen molar-refractivity contribution in [3.05, 3.63) is 24.3 Å². The van der Waals surface area contributed by atoms with Gasteiger partial charge in [0, 0.05) is 0 Å². The van der Waals surface area contributed by atoms with Gasteiger partial charge in [0.05, 0.1) is 0 Å². The molecule has 0 unspecified atom stereocenters. The highest BCUT2D eigenvalue weighted by atomic mass is 14.3. The van der Waals surface area contributed by atoms with Gasteiger partial charge in [-0.25, -0.2) is 0 Å². The van der Waals surface area contributed by atoms with Crippen LogP contribution in [0, 0.1) is 10.8 Å². The third kappa shape index (κ3) is 3.69. The molecule has 0 saturated carbocycles. The van der Waals surface area contributed by atoms with Crippen LogP contribution in [0.2, 0.25) is 0 Å². The molecule has 0 aromatic heterocycles. The second-order valence-corrected chi connectivity index (χ2v) is 5.83. The van der Waals surface area contributed by atoms with Crippen molar-refractivity contribution >= 4 is 0 Å². The molecule has 0 saturated heterocycles. The molecule has 0 radical (unpaired) electrons. The topological polar surface area (TPSA) is 0 Å². The molecule has 0 aliphatic rings. The van der Waals surface area contributed by atoms with Crippen molar-refractivity contribution in [3.63, 3.8) is 0 Å². The highest BCUT2D eigenvalue weighted by Gasteiger charge is 2.25. The van der Waals surface area contributed by atoms with Crippen molar-refractivity contribution < 1.29 is 0 Å². The maximum Gasteiger partial charge on any atom is -0.0150 e. The zero-order valence-electron chi connectivity index (χ0n) is 10.8. The van der Waals surface area contributed by atoms with Gasteiger partial charge in [-0.3, -0.25) is 0 Å². The first-order chi connectivity index (χ1) is 6.09. The molecule has 0 nitrogen and oxygen atoms in total. The summed E-state index contributed by atoms with van der Waals surface area (Å²) in [5.41, 5.74) is 3.06. The SMILES string of the molecule is C=C(C)C(C)(C)CCC(C)(C)C(=C)C. The van der Waals surface area contributed by atoms with Crippen LogP contribution in [0.25, 0.3) is 0 Å². The molecule has 0 aliphatic carbocycles. The quantitative estimate of drug-likeness (QED) is 0.542. The van der Waals surface area contributed by atoms with Gasteiger partial charge in [0.1, 0.15) is 0 Å². The predicted octanol–water partition coefficient (Wildman–Crippen LogP) is 4.97. The van der Waals surface area contributed by atoms with E-state index in [1.54, 1.807) is 0 Å². The number of hydrogen-bond acceptors (Lipinski definition) is 0. The van der Waals surface area contributed by atoms with E-state index in [4.69, 9.17) is 0 Å². The van der Waals surface area contributed by atoms with Crippen LogP contribution in [0.1, 0.15) is 54.4 Å². The van der Waals surface area contributed by atoms with Gasteiger partial charge in [-0.1, -0.05) is 52.0 Å². The summed E-state index contributed by atoms with van der Waals surface area (Å²) in [5, 5.41) is 0. The van der Waals surface area contributed by atoms with E-state index in [9.17, 15) is 0 Å². The van der Waals surface area contributed by atoms with Crippen molar-refractivity contribution in [2.24, 2.45) is 10.8 Å². The van der Waals surface area contributed by atoms with Crippen LogP contribution in [0.3, 0.4) is 0 Å². The van der Waals surface area contributed by atoms with Crippen molar-refractivity contribution in [2.45, 2.75) is 54.4 Å². The standard InChI is InChI=1S/C14H26/c1-11(2)13(5,6)9-10-14(7,8)12(3)4/h1,3,9-10H2,2,4-8H3. The monoisotopic (exact) mass is 194 g/mol. The predicted molar refractivity (Wildman–Crippen MR) is 66.4 cm³/mol. The fourth-order valence-corrected chi connectivity index (χ4v) is 1.05. The van der Waals surface area contributed by atoms with Gasteiger partial charge in [-0.2, -0.15) is 0 Å². The Balaban J connectivity index is 4.32. The Labute approximate surface area is 90.1 Å². The van der Waals surface area contributed by atoms with Gasteiger partial charge in [0.2, 0.25) is 0 Å². The smallest absolute Gasteiger partial charge is 0.0150 e. The summed E-state index contributed by atoms with van der Waals surface area (Å²) < 4.78 is 0. The van der Waals surface area contributed by atoms with E-state index in [2.05, 4.69) is 54.7 Å². The van der Waals surface area contributed by atoms with Crippen LogP contribution in [0.15, 0.2) is 24.3 Å². The fraction of sp³-hybridized carbons (Fsp3) is 0.714. The summed E-state index contributed by atoms with van der Waals surface area (Å²) in [4.78, 5) is 0. The fourth-order valence-electron chi connectivity index (χ4n) is 1.05. The van der Waals surface area contributed by atoms with Crippen LogP contribution in [-0.4, -0.2) is 0 Å². The third-order valence-electron chi connectivity index (χ3n) is 3.69. The Morgan fingerprint density at radius 1 is 0.786 bits per heavy atom. The van der Waals surface area contributed by atoms with Crippen molar-refractivity contribution in [1.29, 1.82) is 0 Å². The lowest BCUT2D eigenvalue weighted by atomic mass is 9.73. The summed E-state index contributed by atoms with van der Waals surface area (Å²) in [6.07, 6.45) is 2.37. The zero-order valence-corrected chi connectivity index (χ0v) is 10.8. The molecule has 0 N–H and O–H groups in total. The molecule has 0 aromatic rings. The maximum atomic E-state index is 4.05. The lowest BCUT2D eigenvalue weighted by Crippen LogP contribution is -2.19. The molecule has 0 heteroatoms. The summed E-state index contributed by atoms with van der Waals surface area (Å²) in [7, 11) is 0. The second-order valence-electron chi connectivity index (χ2n) is 5.83. The lowest BCUT2D eigenvalue weighted by Gasteiger charge is -2.32. The molecule has 0 spiro atoms. The van der Waals surface area contributed by atoms with E-state index in [-0.39, 0.29) is 10.8 Å². The minimum absolute atomic E-state index is 0.257. The van der Waals surface area contributed by atoms with Crippen LogP contribution in [-0.2, 0) is 0 Å². The molecule has 0 rings (SSSR count). The molecule has 0 aliphatic heterocycles. The normalized spacial score (nSPS) is 12.7. The number of allylic oxidation sites excluding steroid dienone is 2. The highest BCUT2D eigenvalue weighted by Crippen LogP contribution is 2.38. The molecule has 0 fully saturated rings. The Hall–Kier alpha value is -0.520. The van der Waals surface area contributed by atoms with Crippen LogP contribution < -0.4 is 0 Å². The minimum Gasteiger partial charge on any atom is -0.0996 e. The summed E-state index contributed by atoms with van der Waals surface area (Å²) in [5.74, 6) is 0. The van der Waals surface area contributed by atoms with Crippen molar-refractivity contribution in [1.82, 2.24) is 0 Å². The van der Waals surface area contributed by atoms with Gasteiger partial charge >= 0.3 is 0 Å². The molecule has 0 amide bonds. The van der Waals surface area contributed by atoms with E-state index in [1.165, 1.54) is 24.0 Å². The van der Waals surface area contributed by atoms with Crippen LogP contribution in [0.4, 0.5) is 0 Å². The van der Waals surface area contributed by atoms with Crippen molar-refractivity contribution in [2.75, 3.05) is 0 Å². The minimum atomic E-state index is 0.257. The molecule has 0 heterocycles. The Kier molecular flexibility index (Phi) is 4.17. The summed E-state index contributed by atoms with van der Waals surface area (Å²) in [6.45, 7) is 21.4. The molecular formula is C14H26. The molecular weight excluding hydrogens is 168 g/mol. The Bertz CT molecular complexity index is 202. The van der Waals surface area contributed by atoms with E-state index < -0.39 is 0 Å². The van der Waals surface area contributed by atoms with Gasteiger partial charge < -0.3 is 0 Å². The average molecular weight is 194 g/mol. The first-order valence-corrected chi connectivity index (χ1v) is 5.41. The summed E-state index contributed by atoms with van der Waals surface area (Å²) >= 11 is 0. The van der Waals surface area contributed by atoms with Gasteiger partial charge in [0.25, 0.3) is 0 Å². The average Bonchev–Trinajstić information content (AvgIpc) is 2.01. The first kappa shape index (κ1) is 13.5. The maximum absolute atomic E-state index is 4.05. The van der Waals surface area contributed by atoms with Crippen LogP contribution in [0.5, 0.6) is 0 Å². The van der Waals surface area contributed by atoms with E-state index in [0.717, 1.165) is 0 Å². The van der Waals surface area contributed by atoms with E-state index in [1.807, 2.05) is 0 Å². The molecule has 82 valence electrons. The van der Waals surface area contributed by atoms with Crippen LogP contribution >= 0.6 is 0 Å². The number of rotatable bonds is 5. The van der Waals surface area contributed by atoms with Gasteiger partial charge in [-0.15, -0.1) is 0 Å². The molecule has 14 heavy (non-hydrogen) atoms. The summed E-state index contributed by atoms with van der Waals surface area (Å²) in [6, 6.07) is 0. The van der Waals surface area contributed by atoms with E-state index >= 15 is 0 Å². The van der Waals surface area contributed by atoms with Crippen molar-refractivity contribution in [3.8, 4) is 0 Å². The Morgan fingerprint density at radius 2 is 1.00 bits per heavy atom.